The van der Waals surface area contributed by atoms with E-state index in [1.807, 2.05) is 30.3 Å². The van der Waals surface area contributed by atoms with Crippen LogP contribution >= 0.6 is 7.26 Å². The lowest BCUT2D eigenvalue weighted by Gasteiger charge is -2.25. The summed E-state index contributed by atoms with van der Waals surface area (Å²) in [5, 5.41) is 4.60. The molecule has 6 aromatic rings. The van der Waals surface area contributed by atoms with Crippen molar-refractivity contribution in [3.63, 3.8) is 0 Å². The first-order chi connectivity index (χ1) is 21.5. The third-order valence-corrected chi connectivity index (χ3v) is 12.0. The van der Waals surface area contributed by atoms with Crippen LogP contribution in [0.2, 0.25) is 0 Å². The first-order valence-electron chi connectivity index (χ1n) is 14.3. The van der Waals surface area contributed by atoms with Gasteiger partial charge in [-0.3, -0.25) is 0 Å². The lowest BCUT2D eigenvalue weighted by Crippen LogP contribution is -3.00. The average Bonchev–Trinajstić information content (AvgIpc) is 3.10. The zero-order chi connectivity index (χ0) is 30.7. The summed E-state index contributed by atoms with van der Waals surface area (Å²) in [5.74, 6) is 3.09. The molecule has 0 bridgehead atoms. The maximum absolute atomic E-state index is 5.68. The SMILES string of the molecule is COc1ccc(-c2nc(-c3ccccc3[P+](C)(c3ccccc3)c3ccccc3)nc3cc(OC)c(OC)cc23)cc1OC.[Cl-]. The van der Waals surface area contributed by atoms with Gasteiger partial charge in [0.25, 0.3) is 0 Å². The molecule has 0 amide bonds. The molecule has 0 aliphatic carbocycles. The van der Waals surface area contributed by atoms with Gasteiger partial charge in [0.15, 0.2) is 28.8 Å². The molecule has 0 unspecified atom stereocenters. The molecule has 228 valence electrons. The number of nitrogens with zero attached hydrogens (tertiary/aromatic N) is 2. The van der Waals surface area contributed by atoms with E-state index < -0.39 is 7.26 Å². The van der Waals surface area contributed by atoms with Gasteiger partial charge in [0.1, 0.15) is 23.2 Å². The van der Waals surface area contributed by atoms with Crippen molar-refractivity contribution in [3.8, 4) is 45.6 Å². The Morgan fingerprint density at radius 2 is 1.07 bits per heavy atom. The quantitative estimate of drug-likeness (QED) is 0.224. The third kappa shape index (κ3) is 5.80. The first kappa shape index (κ1) is 31.8. The highest BCUT2D eigenvalue weighted by Gasteiger charge is 2.42. The molecule has 0 spiro atoms. The Morgan fingerprint density at radius 3 is 1.67 bits per heavy atom. The molecule has 0 aliphatic heterocycles. The molecule has 0 saturated carbocycles. The van der Waals surface area contributed by atoms with Crippen LogP contribution < -0.4 is 47.3 Å². The van der Waals surface area contributed by atoms with E-state index in [-0.39, 0.29) is 12.4 Å². The van der Waals surface area contributed by atoms with Crippen LogP contribution in [-0.2, 0) is 0 Å². The van der Waals surface area contributed by atoms with E-state index in [4.69, 9.17) is 28.9 Å². The van der Waals surface area contributed by atoms with Crippen molar-refractivity contribution in [2.75, 3.05) is 35.1 Å². The number of benzene rings is 5. The van der Waals surface area contributed by atoms with Crippen LogP contribution in [0.3, 0.4) is 0 Å². The first-order valence-corrected chi connectivity index (χ1v) is 16.5. The van der Waals surface area contributed by atoms with Crippen molar-refractivity contribution in [2.45, 2.75) is 0 Å². The fourth-order valence-electron chi connectivity index (χ4n) is 5.71. The lowest BCUT2D eigenvalue weighted by atomic mass is 10.0. The van der Waals surface area contributed by atoms with Crippen LogP contribution in [0.15, 0.2) is 115 Å². The molecule has 1 heterocycles. The van der Waals surface area contributed by atoms with Gasteiger partial charge >= 0.3 is 0 Å². The average molecular weight is 637 g/mol. The van der Waals surface area contributed by atoms with Crippen LogP contribution in [0, 0.1) is 0 Å². The minimum absolute atomic E-state index is 0. The standard InChI is InChI=1S/C37H34N2O4P.ClH/c1-40-31-21-20-25(22-32(31)41-2)36-29-23-33(42-3)34(43-4)24-30(29)38-37(39-36)28-18-12-13-19-35(28)44(5,26-14-8-6-9-15-26)27-16-10-7-11-17-27;/h6-24H,1-5H3;1H/q+1;/p-1. The highest BCUT2D eigenvalue weighted by molar-refractivity contribution is 7.95. The van der Waals surface area contributed by atoms with Crippen molar-refractivity contribution in [2.24, 2.45) is 0 Å². The largest absolute Gasteiger partial charge is 1.00 e. The fourth-order valence-corrected chi connectivity index (χ4v) is 9.14. The van der Waals surface area contributed by atoms with Crippen LogP contribution in [0.1, 0.15) is 0 Å². The molecule has 1 aromatic heterocycles. The highest BCUT2D eigenvalue weighted by Crippen LogP contribution is 2.53. The minimum atomic E-state index is -2.09. The van der Waals surface area contributed by atoms with Crippen LogP contribution in [0.4, 0.5) is 0 Å². The number of hydrogen-bond donors (Lipinski definition) is 0. The van der Waals surface area contributed by atoms with E-state index in [1.165, 1.54) is 15.9 Å². The second kappa shape index (κ2) is 13.6. The van der Waals surface area contributed by atoms with Crippen molar-refractivity contribution in [1.29, 1.82) is 0 Å². The number of ether oxygens (including phenoxy) is 4. The van der Waals surface area contributed by atoms with Gasteiger partial charge < -0.3 is 31.4 Å². The van der Waals surface area contributed by atoms with E-state index in [0.717, 1.165) is 27.7 Å². The van der Waals surface area contributed by atoms with E-state index in [0.29, 0.717) is 28.8 Å². The van der Waals surface area contributed by atoms with Gasteiger partial charge in [0, 0.05) is 17.0 Å². The van der Waals surface area contributed by atoms with E-state index in [9.17, 15) is 0 Å². The van der Waals surface area contributed by atoms with Crippen LogP contribution in [0.25, 0.3) is 33.5 Å². The highest BCUT2D eigenvalue weighted by atomic mass is 35.5. The molecule has 0 saturated heterocycles. The smallest absolute Gasteiger partial charge is 0.164 e. The Morgan fingerprint density at radius 1 is 0.533 bits per heavy atom. The molecule has 6 rings (SSSR count). The summed E-state index contributed by atoms with van der Waals surface area (Å²) in [4.78, 5) is 10.4. The Kier molecular flexibility index (Phi) is 9.57. The monoisotopic (exact) mass is 636 g/mol. The van der Waals surface area contributed by atoms with E-state index in [1.54, 1.807) is 28.4 Å². The summed E-state index contributed by atoms with van der Waals surface area (Å²) < 4.78 is 22.5. The second-order valence-electron chi connectivity index (χ2n) is 10.4. The van der Waals surface area contributed by atoms with Crippen molar-refractivity contribution in [3.05, 3.63) is 115 Å². The molecule has 5 aromatic carbocycles. The Labute approximate surface area is 270 Å². The summed E-state index contributed by atoms with van der Waals surface area (Å²) in [6.07, 6.45) is 0. The molecule has 0 N–H and O–H groups in total. The van der Waals surface area contributed by atoms with E-state index in [2.05, 4.69) is 91.6 Å². The molecule has 0 atom stereocenters. The molecule has 45 heavy (non-hydrogen) atoms. The lowest BCUT2D eigenvalue weighted by molar-refractivity contribution is -0.00000980. The van der Waals surface area contributed by atoms with Gasteiger partial charge in [-0.05, 0) is 60.7 Å². The molecule has 8 heteroatoms. The van der Waals surface area contributed by atoms with Gasteiger partial charge in [-0.25, -0.2) is 9.97 Å². The number of aromatic nitrogens is 2. The van der Waals surface area contributed by atoms with Gasteiger partial charge in [0.2, 0.25) is 0 Å². The van der Waals surface area contributed by atoms with Gasteiger partial charge in [0.05, 0.1) is 51.9 Å². The maximum Gasteiger partial charge on any atom is 0.164 e. The molecule has 0 radical (unpaired) electrons. The summed E-state index contributed by atoms with van der Waals surface area (Å²) in [6.45, 7) is 2.38. The minimum Gasteiger partial charge on any atom is -1.00 e. The van der Waals surface area contributed by atoms with Gasteiger partial charge in [-0.1, -0.05) is 48.5 Å². The van der Waals surface area contributed by atoms with Crippen molar-refractivity contribution < 1.29 is 31.4 Å². The summed E-state index contributed by atoms with van der Waals surface area (Å²) in [7, 11) is 4.43. The Bertz CT molecular complexity index is 1900. The second-order valence-corrected chi connectivity index (χ2v) is 13.9. The number of hydrogen-bond acceptors (Lipinski definition) is 6. The molecule has 0 aliphatic rings. The fraction of sp³-hybridized carbons (Fsp3) is 0.135. The molecule has 0 fully saturated rings. The molecule has 6 nitrogen and oxygen atoms in total. The molecular weight excluding hydrogens is 603 g/mol. The van der Waals surface area contributed by atoms with Crippen LogP contribution in [-0.4, -0.2) is 45.1 Å². The number of rotatable bonds is 9. The summed E-state index contributed by atoms with van der Waals surface area (Å²) in [6, 6.07) is 39.7. The predicted molar refractivity (Wildman–Crippen MR) is 181 cm³/mol. The topological polar surface area (TPSA) is 62.7 Å². The Hall–Kier alpha value is -4.64. The van der Waals surface area contributed by atoms with Gasteiger partial charge in [-0.15, -0.1) is 0 Å². The third-order valence-electron chi connectivity index (χ3n) is 8.03. The number of halogens is 1. The maximum atomic E-state index is 5.68. The molecular formula is C37H34ClN2O4P. The predicted octanol–water partition coefficient (Wildman–Crippen LogP) is 3.93. The number of fused-ring (bicyclic) bond motifs is 1. The van der Waals surface area contributed by atoms with Crippen molar-refractivity contribution >= 4 is 34.1 Å². The Balaban J connectivity index is 0.00000400. The van der Waals surface area contributed by atoms with Crippen LogP contribution in [0.5, 0.6) is 23.0 Å². The van der Waals surface area contributed by atoms with Crippen molar-refractivity contribution in [1.82, 2.24) is 9.97 Å². The normalized spacial score (nSPS) is 11.0. The summed E-state index contributed by atoms with van der Waals surface area (Å²) in [5.41, 5.74) is 3.34. The number of methoxy groups -OCH3 is 4. The zero-order valence-electron chi connectivity index (χ0n) is 25.8. The van der Waals surface area contributed by atoms with E-state index >= 15 is 0 Å². The van der Waals surface area contributed by atoms with Gasteiger partial charge in [-0.2, -0.15) is 0 Å². The summed E-state index contributed by atoms with van der Waals surface area (Å²) >= 11 is 0. The zero-order valence-corrected chi connectivity index (χ0v) is 27.5.